The highest BCUT2D eigenvalue weighted by Gasteiger charge is 2.36. The molecule has 1 aliphatic heterocycles. The summed E-state index contributed by atoms with van der Waals surface area (Å²) >= 11 is 2.37. The van der Waals surface area contributed by atoms with Gasteiger partial charge in [0.2, 0.25) is 5.91 Å². The second-order valence-corrected chi connectivity index (χ2v) is 6.81. The number of nitrogens with one attached hydrogen (secondary N) is 1. The van der Waals surface area contributed by atoms with Gasteiger partial charge in [-0.05, 0) is 35.7 Å². The van der Waals surface area contributed by atoms with Crippen LogP contribution in [0.1, 0.15) is 31.1 Å². The average Bonchev–Trinajstić information content (AvgIpc) is 3.08. The van der Waals surface area contributed by atoms with Crippen molar-refractivity contribution in [1.82, 2.24) is 10.2 Å². The Labute approximate surface area is 137 Å². The monoisotopic (exact) mass is 338 g/mol. The van der Waals surface area contributed by atoms with Crippen molar-refractivity contribution in [2.45, 2.75) is 26.2 Å². The Bertz CT molecular complexity index is 582. The molecule has 7 heteroatoms. The van der Waals surface area contributed by atoms with Crippen LogP contribution in [-0.2, 0) is 9.59 Å². The SMILES string of the molecule is CCCCCNC(=O)CN1C(=O)S/C(=C\c2cccs2)C1=O. The Morgan fingerprint density at radius 3 is 2.86 bits per heavy atom. The molecule has 3 amide bonds. The largest absolute Gasteiger partial charge is 0.355 e. The van der Waals surface area contributed by atoms with Crippen molar-refractivity contribution in [1.29, 1.82) is 0 Å². The van der Waals surface area contributed by atoms with Crippen LogP contribution < -0.4 is 5.32 Å². The molecule has 1 aliphatic rings. The van der Waals surface area contributed by atoms with E-state index in [0.29, 0.717) is 11.4 Å². The van der Waals surface area contributed by atoms with E-state index in [1.54, 1.807) is 6.08 Å². The molecule has 0 bridgehead atoms. The number of imide groups is 1. The predicted octanol–water partition coefficient (Wildman–Crippen LogP) is 3.09. The number of carbonyl (C=O) groups excluding carboxylic acids is 3. The van der Waals surface area contributed by atoms with E-state index in [2.05, 4.69) is 12.2 Å². The Balaban J connectivity index is 1.90. The van der Waals surface area contributed by atoms with Gasteiger partial charge in [-0.2, -0.15) is 0 Å². The number of carbonyl (C=O) groups is 3. The van der Waals surface area contributed by atoms with Gasteiger partial charge >= 0.3 is 0 Å². The van der Waals surface area contributed by atoms with E-state index in [4.69, 9.17) is 0 Å². The van der Waals surface area contributed by atoms with Gasteiger partial charge in [0, 0.05) is 11.4 Å². The summed E-state index contributed by atoms with van der Waals surface area (Å²) in [6.45, 7) is 2.45. The van der Waals surface area contributed by atoms with Gasteiger partial charge in [0.15, 0.2) is 0 Å². The summed E-state index contributed by atoms with van der Waals surface area (Å²) in [5.41, 5.74) is 0. The minimum absolute atomic E-state index is 0.210. The van der Waals surface area contributed by atoms with Gasteiger partial charge in [0.25, 0.3) is 11.1 Å². The van der Waals surface area contributed by atoms with Crippen molar-refractivity contribution in [3.63, 3.8) is 0 Å². The van der Waals surface area contributed by atoms with E-state index in [9.17, 15) is 14.4 Å². The summed E-state index contributed by atoms with van der Waals surface area (Å²) < 4.78 is 0. The maximum atomic E-state index is 12.2. The maximum absolute atomic E-state index is 12.2. The molecule has 1 saturated heterocycles. The summed E-state index contributed by atoms with van der Waals surface area (Å²) in [6.07, 6.45) is 4.72. The number of unbranched alkanes of at least 4 members (excludes halogenated alkanes) is 2. The Hall–Kier alpha value is -1.60. The molecule has 0 saturated carbocycles. The van der Waals surface area contributed by atoms with Gasteiger partial charge in [-0.25, -0.2) is 0 Å². The highest BCUT2D eigenvalue weighted by molar-refractivity contribution is 8.18. The molecule has 1 fully saturated rings. The van der Waals surface area contributed by atoms with E-state index >= 15 is 0 Å². The zero-order chi connectivity index (χ0) is 15.9. The van der Waals surface area contributed by atoms with Crippen molar-refractivity contribution in [2.24, 2.45) is 0 Å². The van der Waals surface area contributed by atoms with E-state index in [1.165, 1.54) is 11.3 Å². The van der Waals surface area contributed by atoms with Crippen LogP contribution in [0.15, 0.2) is 22.4 Å². The minimum Gasteiger partial charge on any atom is -0.355 e. The fourth-order valence-electron chi connectivity index (χ4n) is 1.94. The number of thiophene rings is 1. The van der Waals surface area contributed by atoms with Crippen molar-refractivity contribution in [3.05, 3.63) is 27.3 Å². The first-order chi connectivity index (χ1) is 10.6. The number of nitrogens with zero attached hydrogens (tertiary/aromatic N) is 1. The van der Waals surface area contributed by atoms with Gasteiger partial charge in [-0.1, -0.05) is 25.8 Å². The fourth-order valence-corrected chi connectivity index (χ4v) is 3.50. The summed E-state index contributed by atoms with van der Waals surface area (Å²) in [5.74, 6) is -0.692. The second-order valence-electron chi connectivity index (χ2n) is 4.84. The first-order valence-electron chi connectivity index (χ1n) is 7.17. The van der Waals surface area contributed by atoms with E-state index < -0.39 is 11.1 Å². The minimum atomic E-state index is -0.396. The highest BCUT2D eigenvalue weighted by Crippen LogP contribution is 2.32. The molecule has 2 heterocycles. The fraction of sp³-hybridized carbons (Fsp3) is 0.400. The van der Waals surface area contributed by atoms with E-state index in [0.717, 1.165) is 40.8 Å². The Kier molecular flexibility index (Phi) is 6.21. The van der Waals surface area contributed by atoms with Gasteiger partial charge in [0.1, 0.15) is 6.54 Å². The molecule has 5 nitrogen and oxygen atoms in total. The topological polar surface area (TPSA) is 66.5 Å². The molecule has 2 rings (SSSR count). The zero-order valence-corrected chi connectivity index (χ0v) is 14.0. The third-order valence-electron chi connectivity index (χ3n) is 3.09. The molecule has 118 valence electrons. The molecular weight excluding hydrogens is 320 g/mol. The van der Waals surface area contributed by atoms with Crippen LogP contribution >= 0.6 is 23.1 Å². The lowest BCUT2D eigenvalue weighted by molar-refractivity contribution is -0.129. The van der Waals surface area contributed by atoms with Gasteiger partial charge < -0.3 is 5.32 Å². The predicted molar refractivity (Wildman–Crippen MR) is 89.5 cm³/mol. The second kappa shape index (κ2) is 8.14. The summed E-state index contributed by atoms with van der Waals surface area (Å²) in [5, 5.41) is 4.24. The van der Waals surface area contributed by atoms with E-state index in [-0.39, 0.29) is 12.5 Å². The number of hydrogen-bond acceptors (Lipinski definition) is 5. The molecule has 1 aromatic rings. The van der Waals surface area contributed by atoms with Crippen molar-refractivity contribution in [3.8, 4) is 0 Å². The molecule has 0 atom stereocenters. The quantitative estimate of drug-likeness (QED) is 0.613. The number of amides is 3. The number of hydrogen-bond donors (Lipinski definition) is 1. The first kappa shape index (κ1) is 16.8. The third kappa shape index (κ3) is 4.45. The number of rotatable bonds is 7. The normalized spacial score (nSPS) is 16.6. The van der Waals surface area contributed by atoms with Crippen LogP contribution in [0.3, 0.4) is 0 Å². The molecule has 1 aromatic heterocycles. The lowest BCUT2D eigenvalue weighted by Crippen LogP contribution is -2.39. The number of thioether (sulfide) groups is 1. The van der Waals surface area contributed by atoms with Gasteiger partial charge in [-0.3, -0.25) is 19.3 Å². The molecule has 1 N–H and O–H groups in total. The van der Waals surface area contributed by atoms with Crippen molar-refractivity contribution < 1.29 is 14.4 Å². The van der Waals surface area contributed by atoms with Crippen molar-refractivity contribution >= 4 is 46.2 Å². The summed E-state index contributed by atoms with van der Waals surface area (Å²) in [7, 11) is 0. The van der Waals surface area contributed by atoms with Gasteiger partial charge in [0.05, 0.1) is 4.91 Å². The third-order valence-corrected chi connectivity index (χ3v) is 4.82. The molecule has 0 aliphatic carbocycles. The average molecular weight is 338 g/mol. The summed E-state index contributed by atoms with van der Waals surface area (Å²) in [6, 6.07) is 3.75. The van der Waals surface area contributed by atoms with Gasteiger partial charge in [-0.15, -0.1) is 11.3 Å². The lowest BCUT2D eigenvalue weighted by Gasteiger charge is -2.12. The summed E-state index contributed by atoms with van der Waals surface area (Å²) in [4.78, 5) is 38.2. The van der Waals surface area contributed by atoms with Crippen LogP contribution in [0.2, 0.25) is 0 Å². The molecular formula is C15H18N2O3S2. The molecule has 22 heavy (non-hydrogen) atoms. The van der Waals surface area contributed by atoms with Crippen LogP contribution in [0.4, 0.5) is 4.79 Å². The van der Waals surface area contributed by atoms with Crippen molar-refractivity contribution in [2.75, 3.05) is 13.1 Å². The Morgan fingerprint density at radius 1 is 1.36 bits per heavy atom. The molecule has 0 spiro atoms. The molecule has 0 unspecified atom stereocenters. The van der Waals surface area contributed by atoms with Crippen LogP contribution in [-0.4, -0.2) is 35.0 Å². The zero-order valence-electron chi connectivity index (χ0n) is 12.3. The van der Waals surface area contributed by atoms with Crippen LogP contribution in [0, 0.1) is 0 Å². The van der Waals surface area contributed by atoms with Crippen LogP contribution in [0.25, 0.3) is 6.08 Å². The highest BCUT2D eigenvalue weighted by atomic mass is 32.2. The lowest BCUT2D eigenvalue weighted by atomic mass is 10.2. The maximum Gasteiger partial charge on any atom is 0.294 e. The first-order valence-corrected chi connectivity index (χ1v) is 8.87. The smallest absolute Gasteiger partial charge is 0.294 e. The van der Waals surface area contributed by atoms with Crippen LogP contribution in [0.5, 0.6) is 0 Å². The standard InChI is InChI=1S/C15H18N2O3S2/c1-2-3-4-7-16-13(18)10-17-14(19)12(22-15(17)20)9-11-6-5-8-21-11/h5-6,8-9H,2-4,7,10H2,1H3,(H,16,18)/b12-9-. The molecule has 0 aromatic carbocycles. The molecule has 0 radical (unpaired) electrons. The van der Waals surface area contributed by atoms with E-state index in [1.807, 2.05) is 17.5 Å². The Morgan fingerprint density at radius 2 is 2.18 bits per heavy atom.